The number of hydrogen-bond acceptors (Lipinski definition) is 3. The van der Waals surface area contributed by atoms with Gasteiger partial charge in [0.15, 0.2) is 0 Å². The highest BCUT2D eigenvalue weighted by Crippen LogP contribution is 2.22. The molecule has 0 bridgehead atoms. The van der Waals surface area contributed by atoms with E-state index in [1.165, 1.54) is 5.56 Å². The Morgan fingerprint density at radius 3 is 2.83 bits per heavy atom. The van der Waals surface area contributed by atoms with Gasteiger partial charge in [-0.25, -0.2) is 0 Å². The van der Waals surface area contributed by atoms with Crippen LogP contribution in [-0.2, 0) is 6.54 Å². The van der Waals surface area contributed by atoms with Gasteiger partial charge in [-0.1, -0.05) is 37.3 Å². The summed E-state index contributed by atoms with van der Waals surface area (Å²) in [5, 5.41) is 12.8. The lowest BCUT2D eigenvalue weighted by molar-refractivity contribution is 0.150. The normalized spacial score (nSPS) is 24.7. The van der Waals surface area contributed by atoms with Gasteiger partial charge in [0, 0.05) is 13.1 Å². The first-order valence-corrected chi connectivity index (χ1v) is 6.70. The van der Waals surface area contributed by atoms with Crippen LogP contribution in [-0.4, -0.2) is 30.1 Å². The number of nitriles is 1. The highest BCUT2D eigenvalue weighted by atomic mass is 15.2. The molecule has 1 aromatic rings. The average Bonchev–Trinajstić information content (AvgIpc) is 2.41. The molecule has 1 aliphatic rings. The van der Waals surface area contributed by atoms with Crippen LogP contribution in [0.5, 0.6) is 0 Å². The zero-order valence-corrected chi connectivity index (χ0v) is 11.0. The molecule has 0 spiro atoms. The van der Waals surface area contributed by atoms with Gasteiger partial charge in [-0.15, -0.1) is 0 Å². The van der Waals surface area contributed by atoms with Crippen molar-refractivity contribution >= 4 is 0 Å². The van der Waals surface area contributed by atoms with E-state index >= 15 is 0 Å². The van der Waals surface area contributed by atoms with Crippen LogP contribution in [0.15, 0.2) is 30.3 Å². The van der Waals surface area contributed by atoms with E-state index in [1.54, 1.807) is 0 Å². The number of piperidine rings is 1. The largest absolute Gasteiger partial charge is 0.299 e. The molecule has 3 heteroatoms. The van der Waals surface area contributed by atoms with Crippen LogP contribution in [0.3, 0.4) is 0 Å². The molecule has 0 aliphatic carbocycles. The topological polar surface area (TPSA) is 39.1 Å². The van der Waals surface area contributed by atoms with Crippen molar-refractivity contribution in [3.8, 4) is 6.07 Å². The molecule has 1 atom stereocenters. The molecule has 1 fully saturated rings. The summed E-state index contributed by atoms with van der Waals surface area (Å²) >= 11 is 0. The van der Waals surface area contributed by atoms with Gasteiger partial charge in [0.25, 0.3) is 0 Å². The zero-order valence-electron chi connectivity index (χ0n) is 11.0. The highest BCUT2D eigenvalue weighted by molar-refractivity contribution is 5.16. The predicted molar refractivity (Wildman–Crippen MR) is 73.0 cm³/mol. The summed E-state index contributed by atoms with van der Waals surface area (Å²) in [7, 11) is 0. The second-order valence-corrected chi connectivity index (χ2v) is 5.02. The van der Waals surface area contributed by atoms with Crippen molar-refractivity contribution in [2.24, 2.45) is 0 Å². The van der Waals surface area contributed by atoms with E-state index in [1.807, 2.05) is 6.07 Å². The van der Waals surface area contributed by atoms with Crippen molar-refractivity contribution in [1.82, 2.24) is 10.2 Å². The molecule has 3 nitrogen and oxygen atoms in total. The van der Waals surface area contributed by atoms with Crippen molar-refractivity contribution in [2.45, 2.75) is 31.8 Å². The fraction of sp³-hybridized carbons (Fsp3) is 0.533. The minimum absolute atomic E-state index is 0.345. The van der Waals surface area contributed by atoms with Crippen LogP contribution in [0.25, 0.3) is 0 Å². The number of likely N-dealkylation sites (tertiary alicyclic amines) is 1. The second-order valence-electron chi connectivity index (χ2n) is 5.02. The van der Waals surface area contributed by atoms with E-state index in [2.05, 4.69) is 47.5 Å². The minimum atomic E-state index is -0.345. The van der Waals surface area contributed by atoms with Gasteiger partial charge in [0.05, 0.1) is 6.07 Å². The van der Waals surface area contributed by atoms with Crippen LogP contribution in [0.2, 0.25) is 0 Å². The highest BCUT2D eigenvalue weighted by Gasteiger charge is 2.34. The molecule has 0 aromatic heterocycles. The quantitative estimate of drug-likeness (QED) is 0.880. The lowest BCUT2D eigenvalue weighted by Gasteiger charge is -2.38. The molecule has 1 N–H and O–H groups in total. The molecule has 1 unspecified atom stereocenters. The van der Waals surface area contributed by atoms with E-state index in [0.717, 1.165) is 39.0 Å². The van der Waals surface area contributed by atoms with Crippen LogP contribution >= 0.6 is 0 Å². The Labute approximate surface area is 109 Å². The Kier molecular flexibility index (Phi) is 4.35. The number of nitrogens with zero attached hydrogens (tertiary/aromatic N) is 2. The first-order chi connectivity index (χ1) is 8.78. The van der Waals surface area contributed by atoms with Crippen molar-refractivity contribution in [3.63, 3.8) is 0 Å². The molecule has 1 heterocycles. The fourth-order valence-corrected chi connectivity index (χ4v) is 2.73. The Hall–Kier alpha value is -1.37. The summed E-state index contributed by atoms with van der Waals surface area (Å²) in [6.07, 6.45) is 2.05. The number of hydrogen-bond donors (Lipinski definition) is 1. The van der Waals surface area contributed by atoms with Crippen LogP contribution < -0.4 is 5.32 Å². The maximum absolute atomic E-state index is 9.42. The molecule has 1 aromatic carbocycles. The third-order valence-corrected chi connectivity index (χ3v) is 3.55. The predicted octanol–water partition coefficient (Wildman–Crippen LogP) is 2.15. The molecule has 18 heavy (non-hydrogen) atoms. The summed E-state index contributed by atoms with van der Waals surface area (Å²) in [6, 6.07) is 13.0. The van der Waals surface area contributed by atoms with Gasteiger partial charge in [-0.05, 0) is 31.5 Å². The average molecular weight is 243 g/mol. The lowest BCUT2D eigenvalue weighted by atomic mass is 9.90. The van der Waals surface area contributed by atoms with Gasteiger partial charge in [0.2, 0.25) is 0 Å². The fourth-order valence-electron chi connectivity index (χ4n) is 2.73. The van der Waals surface area contributed by atoms with Crippen LogP contribution in [0.1, 0.15) is 25.3 Å². The first kappa shape index (κ1) is 13.1. The van der Waals surface area contributed by atoms with Crippen molar-refractivity contribution < 1.29 is 0 Å². The summed E-state index contributed by atoms with van der Waals surface area (Å²) in [6.45, 7) is 5.77. The molecule has 0 radical (unpaired) electrons. The molecule has 1 saturated heterocycles. The summed E-state index contributed by atoms with van der Waals surface area (Å²) in [5.74, 6) is 0. The van der Waals surface area contributed by atoms with Gasteiger partial charge >= 0.3 is 0 Å². The number of nitrogens with one attached hydrogen (secondary N) is 1. The Morgan fingerprint density at radius 2 is 2.17 bits per heavy atom. The van der Waals surface area contributed by atoms with Gasteiger partial charge in [-0.2, -0.15) is 5.26 Å². The number of likely N-dealkylation sites (N-methyl/N-ethyl adjacent to an activating group) is 1. The third-order valence-electron chi connectivity index (χ3n) is 3.55. The Morgan fingerprint density at radius 1 is 1.39 bits per heavy atom. The van der Waals surface area contributed by atoms with Crippen molar-refractivity contribution in [2.75, 3.05) is 19.6 Å². The molecule has 2 rings (SSSR count). The second kappa shape index (κ2) is 5.99. The number of benzene rings is 1. The van der Waals surface area contributed by atoms with Crippen LogP contribution in [0, 0.1) is 11.3 Å². The first-order valence-electron chi connectivity index (χ1n) is 6.70. The smallest absolute Gasteiger partial charge is 0.119 e. The Bertz CT molecular complexity index is 405. The van der Waals surface area contributed by atoms with E-state index in [9.17, 15) is 5.26 Å². The molecule has 0 saturated carbocycles. The summed E-state index contributed by atoms with van der Waals surface area (Å²) in [4.78, 5) is 2.38. The monoisotopic (exact) mass is 243 g/mol. The van der Waals surface area contributed by atoms with Crippen molar-refractivity contribution in [1.29, 1.82) is 5.26 Å². The van der Waals surface area contributed by atoms with Crippen LogP contribution in [0.4, 0.5) is 0 Å². The lowest BCUT2D eigenvalue weighted by Crippen LogP contribution is -2.55. The Balaban J connectivity index is 2.01. The maximum atomic E-state index is 9.42. The standard InChI is InChI=1S/C15H21N3/c1-2-17-15(12-16)9-6-10-18(13-15)11-14-7-4-3-5-8-14/h3-5,7-8,17H,2,6,9-11,13H2,1H3. The van der Waals surface area contributed by atoms with Gasteiger partial charge in [0.1, 0.15) is 5.54 Å². The molecule has 96 valence electrons. The summed E-state index contributed by atoms with van der Waals surface area (Å²) < 4.78 is 0. The molecular formula is C15H21N3. The SMILES string of the molecule is CCNC1(C#N)CCCN(Cc2ccccc2)C1. The summed E-state index contributed by atoms with van der Waals surface area (Å²) in [5.41, 5.74) is 0.977. The third kappa shape index (κ3) is 3.10. The van der Waals surface area contributed by atoms with E-state index < -0.39 is 0 Å². The van der Waals surface area contributed by atoms with E-state index in [-0.39, 0.29) is 5.54 Å². The maximum Gasteiger partial charge on any atom is 0.119 e. The molecule has 0 amide bonds. The minimum Gasteiger partial charge on any atom is -0.299 e. The van der Waals surface area contributed by atoms with E-state index in [4.69, 9.17) is 0 Å². The zero-order chi connectivity index (χ0) is 12.8. The molecule has 1 aliphatic heterocycles. The van der Waals surface area contributed by atoms with Gasteiger partial charge < -0.3 is 0 Å². The number of rotatable bonds is 4. The van der Waals surface area contributed by atoms with E-state index in [0.29, 0.717) is 0 Å². The van der Waals surface area contributed by atoms with Crippen molar-refractivity contribution in [3.05, 3.63) is 35.9 Å². The van der Waals surface area contributed by atoms with Gasteiger partial charge in [-0.3, -0.25) is 10.2 Å². The molecular weight excluding hydrogens is 222 g/mol.